The summed E-state index contributed by atoms with van der Waals surface area (Å²) in [5.74, 6) is -2.29. The highest BCUT2D eigenvalue weighted by atomic mass is 16.5. The second-order valence-electron chi connectivity index (χ2n) is 8.33. The number of carbonyl (C=O) groups is 1. The Balaban J connectivity index is 2.19. The van der Waals surface area contributed by atoms with Crippen LogP contribution in [-0.2, 0) is 13.6 Å². The van der Waals surface area contributed by atoms with Crippen molar-refractivity contribution in [1.82, 2.24) is 24.2 Å². The summed E-state index contributed by atoms with van der Waals surface area (Å²) in [6.07, 6.45) is 3.66. The summed E-state index contributed by atoms with van der Waals surface area (Å²) >= 11 is 0. The predicted octanol–water partition coefficient (Wildman–Crippen LogP) is 2.05. The van der Waals surface area contributed by atoms with E-state index in [9.17, 15) is 20.0 Å². The molecule has 34 heavy (non-hydrogen) atoms. The van der Waals surface area contributed by atoms with Gasteiger partial charge in [0.05, 0.1) is 31.5 Å². The number of hydrogen-bond acceptors (Lipinski definition) is 7. The highest BCUT2D eigenvalue weighted by Crippen LogP contribution is 2.39. The molecule has 0 amide bonds. The van der Waals surface area contributed by atoms with E-state index in [1.807, 2.05) is 44.0 Å². The van der Waals surface area contributed by atoms with E-state index < -0.39 is 29.1 Å². The molecule has 0 radical (unpaired) electrons. The third-order valence-electron chi connectivity index (χ3n) is 5.80. The number of likely N-dealkylation sites (N-methyl/N-ethyl adjacent to an activating group) is 1. The van der Waals surface area contributed by atoms with Crippen LogP contribution in [0.5, 0.6) is 5.75 Å². The molecule has 2 atom stereocenters. The molecule has 10 heteroatoms. The number of carboxylic acids is 1. The number of nitriles is 1. The Kier molecular flexibility index (Phi) is 7.48. The molecule has 0 bridgehead atoms. The largest absolute Gasteiger partial charge is 0.489 e. The first-order valence-corrected chi connectivity index (χ1v) is 10.7. The molecule has 10 nitrogen and oxygen atoms in total. The van der Waals surface area contributed by atoms with Gasteiger partial charge in [-0.2, -0.15) is 10.4 Å². The van der Waals surface area contributed by atoms with Gasteiger partial charge < -0.3 is 14.7 Å². The molecule has 0 spiro atoms. The molecule has 3 aromatic rings. The van der Waals surface area contributed by atoms with Crippen LogP contribution in [0.3, 0.4) is 0 Å². The number of aromatic nitrogens is 4. The van der Waals surface area contributed by atoms with E-state index in [2.05, 4.69) is 21.1 Å². The van der Waals surface area contributed by atoms with E-state index in [0.717, 1.165) is 17.7 Å². The van der Waals surface area contributed by atoms with Crippen LogP contribution in [0, 0.1) is 11.3 Å². The smallest absolute Gasteiger partial charge is 0.358 e. The fourth-order valence-corrected chi connectivity index (χ4v) is 4.06. The number of hydrogen-bond donors (Lipinski definition) is 1. The Bertz CT molecular complexity index is 1290. The van der Waals surface area contributed by atoms with Crippen LogP contribution in [0.1, 0.15) is 51.8 Å². The van der Waals surface area contributed by atoms with Crippen molar-refractivity contribution in [2.45, 2.75) is 25.3 Å². The van der Waals surface area contributed by atoms with Gasteiger partial charge in [-0.1, -0.05) is 25.1 Å². The highest BCUT2D eigenvalue weighted by molar-refractivity contribution is 5.88. The lowest BCUT2D eigenvalue weighted by Gasteiger charge is -2.26. The van der Waals surface area contributed by atoms with Crippen molar-refractivity contribution in [2.24, 2.45) is 7.05 Å². The highest BCUT2D eigenvalue weighted by Gasteiger charge is 2.31. The van der Waals surface area contributed by atoms with Crippen molar-refractivity contribution in [3.8, 4) is 11.8 Å². The first-order chi connectivity index (χ1) is 16.2. The molecule has 0 aliphatic carbocycles. The molecule has 0 saturated heterocycles. The van der Waals surface area contributed by atoms with Gasteiger partial charge in [0.25, 0.3) is 5.56 Å². The van der Waals surface area contributed by atoms with Crippen molar-refractivity contribution < 1.29 is 14.6 Å². The Hall–Kier alpha value is -3.97. The summed E-state index contributed by atoms with van der Waals surface area (Å²) in [7, 11) is 6.73. The zero-order valence-electron chi connectivity index (χ0n) is 19.9. The molecule has 2 heterocycles. The Morgan fingerprint density at radius 1 is 1.32 bits per heavy atom. The van der Waals surface area contributed by atoms with Gasteiger partial charge in [0, 0.05) is 31.6 Å². The van der Waals surface area contributed by atoms with Gasteiger partial charge in [0.15, 0.2) is 5.69 Å². The zero-order chi connectivity index (χ0) is 25.0. The molecule has 0 saturated carbocycles. The van der Waals surface area contributed by atoms with Gasteiger partial charge >= 0.3 is 5.97 Å². The first kappa shape index (κ1) is 24.7. The number of ether oxygens (including phenoxy) is 1. The van der Waals surface area contributed by atoms with Crippen LogP contribution in [-0.4, -0.2) is 63.1 Å². The predicted molar refractivity (Wildman–Crippen MR) is 125 cm³/mol. The quantitative estimate of drug-likeness (QED) is 0.510. The Morgan fingerprint density at radius 3 is 2.65 bits per heavy atom. The van der Waals surface area contributed by atoms with Gasteiger partial charge in [0.2, 0.25) is 5.75 Å². The monoisotopic (exact) mass is 464 g/mol. The summed E-state index contributed by atoms with van der Waals surface area (Å²) in [4.78, 5) is 31.1. The number of rotatable bonds is 9. The van der Waals surface area contributed by atoms with Crippen LogP contribution in [0.25, 0.3) is 0 Å². The SMILES string of the molecule is COc1c(C(=O)O)nc(C(C)C(c2cnn(CCN(C)C)c2)c2ccccc2C#N)n(C)c1=O. The van der Waals surface area contributed by atoms with Gasteiger partial charge in [-0.3, -0.25) is 14.0 Å². The normalized spacial score (nSPS) is 12.9. The molecule has 3 rings (SSSR count). The molecule has 2 unspecified atom stereocenters. The molecule has 2 aromatic heterocycles. The summed E-state index contributed by atoms with van der Waals surface area (Å²) in [6.45, 7) is 3.33. The molecule has 0 aliphatic rings. The third-order valence-corrected chi connectivity index (χ3v) is 5.80. The molecule has 178 valence electrons. The number of benzene rings is 1. The van der Waals surface area contributed by atoms with Gasteiger partial charge in [0.1, 0.15) is 5.82 Å². The van der Waals surface area contributed by atoms with E-state index in [-0.39, 0.29) is 11.6 Å². The van der Waals surface area contributed by atoms with E-state index in [4.69, 9.17) is 4.74 Å². The van der Waals surface area contributed by atoms with E-state index in [1.54, 1.807) is 18.3 Å². The lowest BCUT2D eigenvalue weighted by Crippen LogP contribution is -2.29. The van der Waals surface area contributed by atoms with Crippen LogP contribution in [0.15, 0.2) is 41.5 Å². The van der Waals surface area contributed by atoms with E-state index in [0.29, 0.717) is 12.1 Å². The van der Waals surface area contributed by atoms with E-state index >= 15 is 0 Å². The van der Waals surface area contributed by atoms with Crippen LogP contribution in [0.2, 0.25) is 0 Å². The second-order valence-corrected chi connectivity index (χ2v) is 8.33. The second kappa shape index (κ2) is 10.3. The van der Waals surface area contributed by atoms with Crippen molar-refractivity contribution in [2.75, 3.05) is 27.7 Å². The Morgan fingerprint density at radius 2 is 2.03 bits per heavy atom. The van der Waals surface area contributed by atoms with Crippen LogP contribution in [0.4, 0.5) is 0 Å². The Labute approximate surface area is 197 Å². The minimum Gasteiger partial charge on any atom is -0.489 e. The topological polar surface area (TPSA) is 126 Å². The van der Waals surface area contributed by atoms with Crippen molar-refractivity contribution in [3.05, 3.63) is 75.2 Å². The number of aromatic carboxylic acids is 1. The molecular weight excluding hydrogens is 436 g/mol. The van der Waals surface area contributed by atoms with Crippen molar-refractivity contribution >= 4 is 5.97 Å². The van der Waals surface area contributed by atoms with E-state index in [1.165, 1.54) is 18.7 Å². The average Bonchev–Trinajstić information content (AvgIpc) is 3.28. The van der Waals surface area contributed by atoms with Gasteiger partial charge in [-0.25, -0.2) is 9.78 Å². The van der Waals surface area contributed by atoms with Crippen LogP contribution >= 0.6 is 0 Å². The summed E-state index contributed by atoms with van der Waals surface area (Å²) in [5.41, 5.74) is 1.02. The number of carboxylic acid groups (broad SMARTS) is 1. The van der Waals surface area contributed by atoms with Crippen molar-refractivity contribution in [3.63, 3.8) is 0 Å². The summed E-state index contributed by atoms with van der Waals surface area (Å²) < 4.78 is 8.16. The van der Waals surface area contributed by atoms with Gasteiger partial charge in [-0.15, -0.1) is 0 Å². The molecular formula is C24H28N6O4. The third kappa shape index (κ3) is 4.84. The fraction of sp³-hybridized carbons (Fsp3) is 0.375. The molecule has 0 fully saturated rings. The summed E-state index contributed by atoms with van der Waals surface area (Å²) in [5, 5.41) is 23.9. The molecule has 1 N–H and O–H groups in total. The fourth-order valence-electron chi connectivity index (χ4n) is 4.06. The maximum atomic E-state index is 12.9. The van der Waals surface area contributed by atoms with Crippen molar-refractivity contribution in [1.29, 1.82) is 5.26 Å². The lowest BCUT2D eigenvalue weighted by molar-refractivity contribution is 0.0685. The zero-order valence-corrected chi connectivity index (χ0v) is 19.9. The molecule has 1 aromatic carbocycles. The van der Waals surface area contributed by atoms with Gasteiger partial charge in [-0.05, 0) is 31.3 Å². The molecule has 0 aliphatic heterocycles. The van der Waals surface area contributed by atoms with Crippen LogP contribution < -0.4 is 10.3 Å². The number of nitrogens with zero attached hydrogens (tertiary/aromatic N) is 6. The minimum atomic E-state index is -1.35. The first-order valence-electron chi connectivity index (χ1n) is 10.7. The maximum absolute atomic E-state index is 12.9. The maximum Gasteiger partial charge on any atom is 0.358 e. The average molecular weight is 465 g/mol. The number of methoxy groups -OCH3 is 1. The summed E-state index contributed by atoms with van der Waals surface area (Å²) in [6, 6.07) is 9.45. The minimum absolute atomic E-state index is 0.266. The standard InChI is InChI=1S/C24H28N6O4/c1-15(22-27-20(24(32)33)21(34-5)23(31)29(22)4)19(18-9-7-6-8-16(18)12-25)17-13-26-30(14-17)11-10-28(2)3/h6-9,13-15,19H,10-11H2,1-5H3,(H,32,33). The lowest BCUT2D eigenvalue weighted by atomic mass is 9.80.